The molecule has 6 heteroatoms. The third-order valence-electron chi connectivity index (χ3n) is 11.5. The number of aromatic nitrogens is 2. The molecule has 0 amide bonds. The molecule has 2 atom stereocenters. The molecule has 7 aromatic rings. The summed E-state index contributed by atoms with van der Waals surface area (Å²) in [6.07, 6.45) is 13.1. The van der Waals surface area contributed by atoms with Crippen LogP contribution in [0.5, 0.6) is 11.5 Å². The fourth-order valence-corrected chi connectivity index (χ4v) is 10.5. The minimum Gasteiger partial charge on any atom is -0.457 e. The predicted molar refractivity (Wildman–Crippen MR) is 212 cm³/mol. The van der Waals surface area contributed by atoms with Crippen molar-refractivity contribution in [1.29, 1.82) is 0 Å². The fraction of sp³-hybridized carbons (Fsp3) is 0.0638. The standard InChI is InChI=1S/C47H30N4OS/c1-5-17-37-31(13-1)32-14-2-6-18-38(32)50(37)29-25-35-45(48-27-29)46-36(47(35)33-15-3-9-21-41(33)52-42-22-10-4-16-34(42)47)26-30(28-49-46)51-39-19-7-11-23-43(39)53-44-24-12-8-20-40(44)51/h1-28,31,37H. The number of hydrogen-bond donors (Lipinski definition) is 0. The molecular weight excluding hydrogens is 669 g/mol. The van der Waals surface area contributed by atoms with E-state index in [4.69, 9.17) is 14.7 Å². The lowest BCUT2D eigenvalue weighted by atomic mass is 9.66. The van der Waals surface area contributed by atoms with Crippen molar-refractivity contribution >= 4 is 40.2 Å². The normalized spacial score (nSPS) is 18.6. The molecule has 0 saturated heterocycles. The van der Waals surface area contributed by atoms with E-state index in [1.807, 2.05) is 24.2 Å². The van der Waals surface area contributed by atoms with Crippen LogP contribution in [0.3, 0.4) is 0 Å². The first kappa shape index (κ1) is 29.2. The summed E-state index contributed by atoms with van der Waals surface area (Å²) in [5, 5.41) is 0. The van der Waals surface area contributed by atoms with Crippen LogP contribution in [0.2, 0.25) is 0 Å². The van der Waals surface area contributed by atoms with Gasteiger partial charge < -0.3 is 14.5 Å². The van der Waals surface area contributed by atoms with Crippen LogP contribution in [-0.2, 0) is 5.41 Å². The van der Waals surface area contributed by atoms with Gasteiger partial charge in [0.15, 0.2) is 0 Å². The number of ether oxygens (including phenoxy) is 1. The third-order valence-corrected chi connectivity index (χ3v) is 12.6. The summed E-state index contributed by atoms with van der Waals surface area (Å²) >= 11 is 1.81. The molecule has 5 heterocycles. The van der Waals surface area contributed by atoms with Crippen molar-refractivity contribution in [2.24, 2.45) is 0 Å². The molecule has 0 radical (unpaired) electrons. The Labute approximate surface area is 311 Å². The van der Waals surface area contributed by atoms with Gasteiger partial charge in [0.25, 0.3) is 0 Å². The average molecular weight is 699 g/mol. The Bertz CT molecular complexity index is 2660. The smallest absolute Gasteiger partial charge is 0.132 e. The van der Waals surface area contributed by atoms with Crippen molar-refractivity contribution in [3.63, 3.8) is 0 Å². The molecule has 2 aliphatic carbocycles. The van der Waals surface area contributed by atoms with E-state index in [9.17, 15) is 0 Å². The number of allylic oxidation sites excluding steroid dienone is 2. The monoisotopic (exact) mass is 698 g/mol. The maximum atomic E-state index is 6.70. The SMILES string of the molecule is C1=CC2c3ccccc3N(c3cnc4c(c3)C3(c5ccccc5Oc5ccccc53)c3cc(N5c6ccccc6Sc6ccccc65)cnc3-4)C2C=C1. The summed E-state index contributed by atoms with van der Waals surface area (Å²) < 4.78 is 6.70. The van der Waals surface area contributed by atoms with Gasteiger partial charge in [0, 0.05) is 43.7 Å². The topological polar surface area (TPSA) is 41.5 Å². The third kappa shape index (κ3) is 3.88. The number of hydrogen-bond acceptors (Lipinski definition) is 6. The van der Waals surface area contributed by atoms with E-state index in [1.165, 1.54) is 21.0 Å². The van der Waals surface area contributed by atoms with Crippen LogP contribution in [0.15, 0.2) is 180 Å². The molecule has 250 valence electrons. The Kier molecular flexibility index (Phi) is 5.97. The van der Waals surface area contributed by atoms with Gasteiger partial charge in [-0.15, -0.1) is 0 Å². The molecule has 0 saturated carbocycles. The van der Waals surface area contributed by atoms with Crippen molar-refractivity contribution < 1.29 is 4.74 Å². The van der Waals surface area contributed by atoms with Crippen LogP contribution >= 0.6 is 11.8 Å². The summed E-state index contributed by atoms with van der Waals surface area (Å²) in [6.45, 7) is 0. The molecular formula is C47H30N4OS. The molecule has 5 aliphatic rings. The average Bonchev–Trinajstić information content (AvgIpc) is 3.70. The number of benzene rings is 5. The van der Waals surface area contributed by atoms with Crippen molar-refractivity contribution in [1.82, 2.24) is 9.97 Å². The highest BCUT2D eigenvalue weighted by molar-refractivity contribution is 7.99. The molecule has 0 N–H and O–H groups in total. The Morgan fingerprint density at radius 2 is 1.09 bits per heavy atom. The van der Waals surface area contributed by atoms with Crippen LogP contribution < -0.4 is 14.5 Å². The minimum atomic E-state index is -0.730. The lowest BCUT2D eigenvalue weighted by Gasteiger charge is -2.40. The molecule has 53 heavy (non-hydrogen) atoms. The van der Waals surface area contributed by atoms with Crippen molar-refractivity contribution in [2.75, 3.05) is 9.80 Å². The summed E-state index contributed by atoms with van der Waals surface area (Å²) in [7, 11) is 0. The lowest BCUT2D eigenvalue weighted by Crippen LogP contribution is -2.33. The zero-order valence-electron chi connectivity index (χ0n) is 28.4. The van der Waals surface area contributed by atoms with E-state index in [2.05, 4.69) is 168 Å². The van der Waals surface area contributed by atoms with Gasteiger partial charge in [-0.1, -0.05) is 115 Å². The van der Waals surface area contributed by atoms with Crippen molar-refractivity contribution in [3.05, 3.63) is 198 Å². The van der Waals surface area contributed by atoms with Gasteiger partial charge in [0.05, 0.1) is 58.0 Å². The van der Waals surface area contributed by atoms with Crippen LogP contribution in [0.4, 0.5) is 28.4 Å². The minimum absolute atomic E-state index is 0.160. The number of para-hydroxylation sites is 5. The van der Waals surface area contributed by atoms with E-state index >= 15 is 0 Å². The molecule has 0 fully saturated rings. The highest BCUT2D eigenvalue weighted by atomic mass is 32.2. The molecule has 2 aromatic heterocycles. The van der Waals surface area contributed by atoms with Crippen LogP contribution in [0.25, 0.3) is 11.4 Å². The van der Waals surface area contributed by atoms with Gasteiger partial charge in [-0.05, 0) is 60.2 Å². The summed E-state index contributed by atoms with van der Waals surface area (Å²) in [6, 6.07) is 48.0. The Morgan fingerprint density at radius 1 is 0.547 bits per heavy atom. The Balaban J connectivity index is 1.14. The second-order valence-corrected chi connectivity index (χ2v) is 15.2. The first-order valence-corrected chi connectivity index (χ1v) is 18.9. The van der Waals surface area contributed by atoms with Gasteiger partial charge in [-0.25, -0.2) is 0 Å². The van der Waals surface area contributed by atoms with Crippen molar-refractivity contribution in [3.8, 4) is 22.9 Å². The quantitative estimate of drug-likeness (QED) is 0.179. The lowest BCUT2D eigenvalue weighted by molar-refractivity contribution is 0.436. The van der Waals surface area contributed by atoms with Gasteiger partial charge in [0.2, 0.25) is 0 Å². The molecule has 0 bridgehead atoms. The molecule has 5 aromatic carbocycles. The van der Waals surface area contributed by atoms with E-state index in [-0.39, 0.29) is 12.0 Å². The molecule has 12 rings (SSSR count). The maximum absolute atomic E-state index is 6.70. The summed E-state index contributed by atoms with van der Waals surface area (Å²) in [4.78, 5) is 18.0. The van der Waals surface area contributed by atoms with E-state index in [0.29, 0.717) is 0 Å². The van der Waals surface area contributed by atoms with Gasteiger partial charge >= 0.3 is 0 Å². The van der Waals surface area contributed by atoms with Gasteiger partial charge in [0.1, 0.15) is 11.5 Å². The van der Waals surface area contributed by atoms with Crippen LogP contribution in [0.1, 0.15) is 33.7 Å². The summed E-state index contributed by atoms with van der Waals surface area (Å²) in [5.74, 6) is 1.97. The van der Waals surface area contributed by atoms with E-state index in [0.717, 1.165) is 67.9 Å². The fourth-order valence-electron chi connectivity index (χ4n) is 9.40. The number of nitrogens with zero attached hydrogens (tertiary/aromatic N) is 4. The molecule has 2 unspecified atom stereocenters. The molecule has 5 nitrogen and oxygen atoms in total. The van der Waals surface area contributed by atoms with E-state index < -0.39 is 5.41 Å². The zero-order chi connectivity index (χ0) is 34.7. The maximum Gasteiger partial charge on any atom is 0.132 e. The number of fused-ring (bicyclic) bond motifs is 14. The van der Waals surface area contributed by atoms with Gasteiger partial charge in [-0.2, -0.15) is 0 Å². The largest absolute Gasteiger partial charge is 0.457 e. The Morgan fingerprint density at radius 3 is 1.79 bits per heavy atom. The zero-order valence-corrected chi connectivity index (χ0v) is 29.2. The predicted octanol–water partition coefficient (Wildman–Crippen LogP) is 11.6. The second-order valence-electron chi connectivity index (χ2n) is 14.1. The molecule has 1 spiro atoms. The van der Waals surface area contributed by atoms with Gasteiger partial charge in [-0.3, -0.25) is 9.97 Å². The van der Waals surface area contributed by atoms with Crippen LogP contribution in [-0.4, -0.2) is 16.0 Å². The first-order chi connectivity index (χ1) is 26.3. The van der Waals surface area contributed by atoms with Crippen molar-refractivity contribution in [2.45, 2.75) is 27.2 Å². The highest BCUT2D eigenvalue weighted by Gasteiger charge is 2.53. The number of rotatable bonds is 2. The van der Waals surface area contributed by atoms with E-state index in [1.54, 1.807) is 0 Å². The number of anilines is 5. The first-order valence-electron chi connectivity index (χ1n) is 18.1. The summed E-state index contributed by atoms with van der Waals surface area (Å²) in [5.41, 5.74) is 12.4. The Hall–Kier alpha value is -6.37. The second kappa shape index (κ2) is 10.8. The molecule has 3 aliphatic heterocycles. The van der Waals surface area contributed by atoms with Crippen LogP contribution in [0, 0.1) is 0 Å². The highest BCUT2D eigenvalue weighted by Crippen LogP contribution is 2.63. The number of pyridine rings is 2.